The lowest BCUT2D eigenvalue weighted by molar-refractivity contribution is -0.137. The van der Waals surface area contributed by atoms with Crippen molar-refractivity contribution in [3.8, 4) is 16.9 Å². The Hall–Kier alpha value is -3.67. The van der Waals surface area contributed by atoms with Gasteiger partial charge in [-0.2, -0.15) is 13.2 Å². The molecule has 9 nitrogen and oxygen atoms in total. The van der Waals surface area contributed by atoms with Crippen molar-refractivity contribution in [1.29, 1.82) is 0 Å². The van der Waals surface area contributed by atoms with Gasteiger partial charge in [-0.25, -0.2) is 9.97 Å². The van der Waals surface area contributed by atoms with Gasteiger partial charge in [-0.3, -0.25) is 9.36 Å². The quantitative estimate of drug-likeness (QED) is 0.415. The van der Waals surface area contributed by atoms with Gasteiger partial charge >= 0.3 is 6.18 Å². The van der Waals surface area contributed by atoms with Crippen LogP contribution in [0.3, 0.4) is 0 Å². The van der Waals surface area contributed by atoms with E-state index in [1.165, 1.54) is 17.0 Å². The number of fused-ring (bicyclic) bond motifs is 1. The third-order valence-corrected chi connectivity index (χ3v) is 5.96. The monoisotopic (exact) mass is 473 g/mol. The molecule has 4 aromatic rings. The molecule has 178 valence electrons. The van der Waals surface area contributed by atoms with Crippen LogP contribution < -0.4 is 16.2 Å². The molecular formula is C22H22F3N7O2. The number of halogens is 3. The molecule has 5 rings (SSSR count). The molecule has 1 aliphatic heterocycles. The summed E-state index contributed by atoms with van der Waals surface area (Å²) in [5.74, 6) is 0.559. The molecule has 0 amide bonds. The number of H-pyrrole nitrogens is 1. The molecule has 4 aromatic heterocycles. The molecule has 34 heavy (non-hydrogen) atoms. The summed E-state index contributed by atoms with van der Waals surface area (Å²) in [6.45, 7) is 4.96. The van der Waals surface area contributed by atoms with E-state index in [4.69, 9.17) is 4.52 Å². The Bertz CT molecular complexity index is 1390. The third kappa shape index (κ3) is 3.83. The van der Waals surface area contributed by atoms with Crippen molar-refractivity contribution in [2.45, 2.75) is 38.9 Å². The zero-order valence-corrected chi connectivity index (χ0v) is 18.5. The summed E-state index contributed by atoms with van der Waals surface area (Å²) in [6.07, 6.45) is 0.787. The topological polar surface area (TPSA) is 114 Å². The molecule has 1 fully saturated rings. The standard InChI is InChI=1S/C22H22F3N7O2/c1-11-19(12(2)34-31-11)32-7-5-14-15(9-27-18(14)20(32)33)17-16(22(23,24)25)10-28-21(30-17)29-13-4-3-6-26-8-13/h5,7,9-10,13,26-27H,3-4,6,8H2,1-2H3,(H,28,29,30)/t13-/m0/s1. The number of aryl methyl sites for hydroxylation is 2. The highest BCUT2D eigenvalue weighted by Gasteiger charge is 2.36. The third-order valence-electron chi connectivity index (χ3n) is 5.96. The molecule has 1 saturated heterocycles. The number of nitrogens with one attached hydrogen (secondary N) is 3. The van der Waals surface area contributed by atoms with Crippen LogP contribution in [0.25, 0.3) is 27.8 Å². The van der Waals surface area contributed by atoms with Crippen molar-refractivity contribution in [3.63, 3.8) is 0 Å². The molecule has 1 aliphatic rings. The summed E-state index contributed by atoms with van der Waals surface area (Å²) in [5, 5.41) is 10.5. The van der Waals surface area contributed by atoms with Crippen molar-refractivity contribution in [2.24, 2.45) is 0 Å². The number of hydrogen-bond donors (Lipinski definition) is 3. The zero-order chi connectivity index (χ0) is 24.0. The second kappa shape index (κ2) is 8.28. The lowest BCUT2D eigenvalue weighted by Crippen LogP contribution is -2.38. The van der Waals surface area contributed by atoms with Crippen LogP contribution in [-0.4, -0.2) is 43.8 Å². The first-order chi connectivity index (χ1) is 16.2. The van der Waals surface area contributed by atoms with Gasteiger partial charge in [0.2, 0.25) is 5.95 Å². The number of aromatic amines is 1. The molecule has 0 aliphatic carbocycles. The fourth-order valence-corrected chi connectivity index (χ4v) is 4.34. The van der Waals surface area contributed by atoms with E-state index in [1.807, 2.05) is 0 Å². The van der Waals surface area contributed by atoms with Crippen molar-refractivity contribution in [1.82, 2.24) is 30.0 Å². The minimum absolute atomic E-state index is 0.0172. The molecule has 0 aromatic carbocycles. The summed E-state index contributed by atoms with van der Waals surface area (Å²) in [7, 11) is 0. The molecule has 0 bridgehead atoms. The van der Waals surface area contributed by atoms with E-state index in [1.54, 1.807) is 19.9 Å². The average molecular weight is 473 g/mol. The van der Waals surface area contributed by atoms with Crippen LogP contribution in [0.5, 0.6) is 0 Å². The van der Waals surface area contributed by atoms with Crippen LogP contribution in [-0.2, 0) is 6.18 Å². The van der Waals surface area contributed by atoms with Crippen molar-refractivity contribution in [2.75, 3.05) is 18.4 Å². The number of hydrogen-bond acceptors (Lipinski definition) is 7. The van der Waals surface area contributed by atoms with Crippen molar-refractivity contribution < 1.29 is 17.7 Å². The second-order valence-corrected chi connectivity index (χ2v) is 8.30. The van der Waals surface area contributed by atoms with Gasteiger partial charge < -0.3 is 20.1 Å². The summed E-state index contributed by atoms with van der Waals surface area (Å²) in [6, 6.07) is 1.60. The van der Waals surface area contributed by atoms with Crippen molar-refractivity contribution in [3.05, 3.63) is 52.0 Å². The Balaban J connectivity index is 1.63. The average Bonchev–Trinajstić information content (AvgIpc) is 3.38. The fourth-order valence-electron chi connectivity index (χ4n) is 4.34. The van der Waals surface area contributed by atoms with E-state index < -0.39 is 17.3 Å². The van der Waals surface area contributed by atoms with E-state index in [0.29, 0.717) is 29.1 Å². The van der Waals surface area contributed by atoms with Gasteiger partial charge in [0.15, 0.2) is 5.76 Å². The number of alkyl halides is 3. The summed E-state index contributed by atoms with van der Waals surface area (Å²) in [4.78, 5) is 24.2. The highest BCUT2D eigenvalue weighted by molar-refractivity contribution is 5.95. The van der Waals surface area contributed by atoms with E-state index >= 15 is 0 Å². The Morgan fingerprint density at radius 1 is 1.29 bits per heavy atom. The van der Waals surface area contributed by atoms with Crippen molar-refractivity contribution >= 4 is 16.9 Å². The van der Waals surface area contributed by atoms with Gasteiger partial charge in [0, 0.05) is 42.1 Å². The molecule has 1 atom stereocenters. The fraction of sp³-hybridized carbons (Fsp3) is 0.364. The number of aromatic nitrogens is 5. The Morgan fingerprint density at radius 2 is 2.12 bits per heavy atom. The normalized spacial score (nSPS) is 16.8. The van der Waals surface area contributed by atoms with Gasteiger partial charge in [0.25, 0.3) is 5.56 Å². The predicted molar refractivity (Wildman–Crippen MR) is 119 cm³/mol. The van der Waals surface area contributed by atoms with Crippen LogP contribution in [0.15, 0.2) is 34.0 Å². The summed E-state index contributed by atoms with van der Waals surface area (Å²) >= 11 is 0. The maximum absolute atomic E-state index is 13.8. The van der Waals surface area contributed by atoms with E-state index in [-0.39, 0.29) is 28.8 Å². The number of piperidine rings is 1. The highest BCUT2D eigenvalue weighted by atomic mass is 19.4. The molecule has 0 spiro atoms. The lowest BCUT2D eigenvalue weighted by atomic mass is 10.1. The van der Waals surface area contributed by atoms with Gasteiger partial charge in [0.05, 0.1) is 5.69 Å². The first-order valence-electron chi connectivity index (χ1n) is 10.8. The molecule has 12 heteroatoms. The van der Waals surface area contributed by atoms with E-state index in [0.717, 1.165) is 25.6 Å². The maximum atomic E-state index is 13.8. The van der Waals surface area contributed by atoms with E-state index in [9.17, 15) is 18.0 Å². The van der Waals surface area contributed by atoms with Gasteiger partial charge in [-0.1, -0.05) is 5.16 Å². The molecule has 0 unspecified atom stereocenters. The first kappa shape index (κ1) is 22.1. The smallest absolute Gasteiger partial charge is 0.359 e. The SMILES string of the molecule is Cc1noc(C)c1-n1ccc2c(-c3nc(N[C@H]4CCCNC4)ncc3C(F)(F)F)c[nH]c2c1=O. The maximum Gasteiger partial charge on any atom is 0.419 e. The highest BCUT2D eigenvalue weighted by Crippen LogP contribution is 2.38. The number of rotatable bonds is 4. The molecular weight excluding hydrogens is 451 g/mol. The zero-order valence-electron chi connectivity index (χ0n) is 18.5. The largest absolute Gasteiger partial charge is 0.419 e. The van der Waals surface area contributed by atoms with Crippen LogP contribution >= 0.6 is 0 Å². The Kier molecular flexibility index (Phi) is 5.39. The van der Waals surface area contributed by atoms with Gasteiger partial charge in [0.1, 0.15) is 22.5 Å². The number of pyridine rings is 1. The Labute approximate surface area is 191 Å². The van der Waals surface area contributed by atoms with Crippen LogP contribution in [0.2, 0.25) is 0 Å². The molecule has 3 N–H and O–H groups in total. The molecule has 0 saturated carbocycles. The molecule has 5 heterocycles. The lowest BCUT2D eigenvalue weighted by Gasteiger charge is -2.24. The van der Waals surface area contributed by atoms with Gasteiger partial charge in [-0.15, -0.1) is 0 Å². The number of anilines is 1. The number of nitrogens with zero attached hydrogens (tertiary/aromatic N) is 4. The summed E-state index contributed by atoms with van der Waals surface area (Å²) < 4.78 is 48.0. The van der Waals surface area contributed by atoms with Crippen LogP contribution in [0.1, 0.15) is 29.9 Å². The van der Waals surface area contributed by atoms with Crippen LogP contribution in [0.4, 0.5) is 19.1 Å². The predicted octanol–water partition coefficient (Wildman–Crippen LogP) is 3.56. The second-order valence-electron chi connectivity index (χ2n) is 8.30. The summed E-state index contributed by atoms with van der Waals surface area (Å²) in [5.41, 5.74) is -0.382. The van der Waals surface area contributed by atoms with Crippen LogP contribution in [0, 0.1) is 13.8 Å². The first-order valence-corrected chi connectivity index (χ1v) is 10.8. The minimum Gasteiger partial charge on any atom is -0.359 e. The minimum atomic E-state index is -4.67. The van der Waals surface area contributed by atoms with Gasteiger partial charge in [-0.05, 0) is 39.3 Å². The molecule has 0 radical (unpaired) electrons. The van der Waals surface area contributed by atoms with E-state index in [2.05, 4.69) is 30.7 Å². The Morgan fingerprint density at radius 3 is 2.79 bits per heavy atom.